The van der Waals surface area contributed by atoms with Gasteiger partial charge in [-0.2, -0.15) is 10.2 Å². The summed E-state index contributed by atoms with van der Waals surface area (Å²) in [5.41, 5.74) is 35.9. The first-order valence-corrected chi connectivity index (χ1v) is 27.8. The van der Waals surface area contributed by atoms with Gasteiger partial charge in [-0.05, 0) is 313 Å². The number of nitrogens with zero attached hydrogens (tertiary/aromatic N) is 2. The Morgan fingerprint density at radius 1 is 0.282 bits per heavy atom. The van der Waals surface area contributed by atoms with Gasteiger partial charge in [-0.3, -0.25) is 0 Å². The topological polar surface area (TPSA) is 85.4 Å². The Bertz CT molecular complexity index is 3140. The monoisotopic (exact) mass is 1110 g/mol. The van der Waals surface area contributed by atoms with Crippen LogP contribution in [0.25, 0.3) is 33.4 Å². The van der Waals surface area contributed by atoms with Crippen LogP contribution in [-0.4, -0.2) is 36.4 Å². The van der Waals surface area contributed by atoms with E-state index in [2.05, 4.69) is 223 Å². The van der Waals surface area contributed by atoms with E-state index in [-0.39, 0.29) is 0 Å². The summed E-state index contributed by atoms with van der Waals surface area (Å²) in [6, 6.07) is 38.0. The molecule has 0 aliphatic carbocycles. The second-order valence-corrected chi connectivity index (χ2v) is 21.9. The van der Waals surface area contributed by atoms with Gasteiger partial charge in [-0.1, -0.05) is 113 Å². The fraction of sp³-hybridized carbons (Fsp3) is 0.324. The van der Waals surface area contributed by atoms with Gasteiger partial charge >= 0.3 is 7.12 Å². The largest absolute Gasteiger partial charge is 0.508 e. The summed E-state index contributed by atoms with van der Waals surface area (Å²) >= 11 is 3.45. The zero-order valence-electron chi connectivity index (χ0n) is 51.6. The Labute approximate surface area is 480 Å². The van der Waals surface area contributed by atoms with Crippen molar-refractivity contribution in [2.45, 2.75) is 145 Å². The number of hydrogen-bond donors (Lipinski definition) is 3. The van der Waals surface area contributed by atoms with Gasteiger partial charge in [-0.15, -0.1) is 0 Å². The molecule has 0 aromatic heterocycles. The van der Waals surface area contributed by atoms with E-state index in [9.17, 15) is 5.11 Å². The maximum Gasteiger partial charge on any atom is 0.488 e. The van der Waals surface area contributed by atoms with Crippen molar-refractivity contribution in [1.29, 1.82) is 0 Å². The van der Waals surface area contributed by atoms with Crippen molar-refractivity contribution in [1.82, 2.24) is 0 Å². The lowest BCUT2D eigenvalue weighted by Crippen LogP contribution is -2.32. The van der Waals surface area contributed by atoms with Gasteiger partial charge in [0.15, 0.2) is 0 Å². The normalized spacial score (nSPS) is 10.4. The van der Waals surface area contributed by atoms with Gasteiger partial charge in [0.2, 0.25) is 0 Å². The van der Waals surface area contributed by atoms with Crippen LogP contribution < -0.4 is 5.46 Å². The maximum atomic E-state index is 9.74. The van der Waals surface area contributed by atoms with Crippen LogP contribution in [0.15, 0.2) is 124 Å². The van der Waals surface area contributed by atoms with Crippen LogP contribution >= 0.6 is 15.9 Å². The number of hydrogen-bond acceptors (Lipinski definition) is 5. The predicted molar refractivity (Wildman–Crippen MR) is 344 cm³/mol. The molecule has 0 bridgehead atoms. The van der Waals surface area contributed by atoms with E-state index in [1.807, 2.05) is 45.9 Å². The van der Waals surface area contributed by atoms with Crippen molar-refractivity contribution in [3.63, 3.8) is 0 Å². The summed E-state index contributed by atoms with van der Waals surface area (Å²) in [4.78, 5) is 0. The number of aromatic hydroxyl groups is 1. The number of phenolic OH excluding ortho intramolecular Hbond substituents is 1. The van der Waals surface area contributed by atoms with Gasteiger partial charge in [0.25, 0.3) is 0 Å². The lowest BCUT2D eigenvalue weighted by molar-refractivity contribution is 0.425. The van der Waals surface area contributed by atoms with E-state index < -0.39 is 7.12 Å². The summed E-state index contributed by atoms with van der Waals surface area (Å²) < 4.78 is 1.20. The van der Waals surface area contributed by atoms with Crippen molar-refractivity contribution in [2.75, 3.05) is 14.1 Å². The average Bonchev–Trinajstić information content (AvgIpc) is 3.42. The molecule has 0 saturated carbocycles. The molecule has 0 fully saturated rings. The molecule has 0 spiro atoms. The number of benzene rings is 8. The molecule has 0 aliphatic heterocycles. The highest BCUT2D eigenvalue weighted by Crippen LogP contribution is 2.35. The summed E-state index contributed by atoms with van der Waals surface area (Å²) in [6.07, 6.45) is 0. The summed E-state index contributed by atoms with van der Waals surface area (Å²) in [5.74, 6) is 0.373. The molecule has 8 aromatic rings. The standard InChI is InChI=1S/C18H22.C17H20O.C17H20.C9H13BO2.C8H9Br.C2H6N2/c1-11-7-9-17(15(5)13(11)3)18-10-8-12(2)14(4)16(18)6;1-10-6-7-15(12(3)11(10)2)16-8-9-17(18)14(5)13(16)4;1-11-7-6-8-16(14(11)4)17-10-9-12(2)13(3)15(17)5;1-6-4-5-9(10(11)12)8(3)7(6)2;1-6-4-3-5-8(9)7(6)2;1-3-4-2/h7-10H,1-6H3;6-9,18H,1-5H3;6-10H,1-5H3;4-5,11-12H,1-3H3;3-5H,1-2H3;1-2H3. The Hall–Kier alpha value is -6.38. The van der Waals surface area contributed by atoms with E-state index in [1.165, 1.54) is 132 Å². The second kappa shape index (κ2) is 30.1. The molecule has 0 unspecified atom stereocenters. The van der Waals surface area contributed by atoms with Crippen LogP contribution in [0.1, 0.15) is 117 Å². The van der Waals surface area contributed by atoms with Crippen molar-refractivity contribution in [3.8, 4) is 39.1 Å². The number of rotatable bonds is 4. The fourth-order valence-electron chi connectivity index (χ4n) is 9.10. The highest BCUT2D eigenvalue weighted by atomic mass is 79.9. The fourth-order valence-corrected chi connectivity index (χ4v) is 9.57. The molecular weight excluding hydrogens is 1020 g/mol. The third-order valence-electron chi connectivity index (χ3n) is 16.6. The lowest BCUT2D eigenvalue weighted by atomic mass is 9.75. The van der Waals surface area contributed by atoms with E-state index in [1.54, 1.807) is 26.2 Å². The van der Waals surface area contributed by atoms with Crippen LogP contribution in [0.5, 0.6) is 5.75 Å². The van der Waals surface area contributed by atoms with Gasteiger partial charge in [-0.25, -0.2) is 0 Å². The number of azo groups is 1. The minimum atomic E-state index is -1.36. The molecule has 8 aromatic carbocycles. The number of halogens is 1. The third-order valence-corrected chi connectivity index (χ3v) is 17.4. The molecule has 78 heavy (non-hydrogen) atoms. The molecule has 0 heterocycles. The van der Waals surface area contributed by atoms with Crippen LogP contribution in [0, 0.1) is 145 Å². The van der Waals surface area contributed by atoms with Crippen LogP contribution in [0.3, 0.4) is 0 Å². The average molecular weight is 1110 g/mol. The van der Waals surface area contributed by atoms with Crippen molar-refractivity contribution < 1.29 is 15.2 Å². The minimum Gasteiger partial charge on any atom is -0.508 e. The SMILES string of the molecule is CN=NC.Cc1ccc(-c2ccc(C)c(C)c2C)c(C)c1C.Cc1ccc(-c2ccc(O)c(C)c2C)c(C)c1C.Cc1ccc(B(O)O)c(C)c1C.Cc1cccc(-c2ccc(C)c(C)c2C)c1C.Cc1cccc(Br)c1C. The smallest absolute Gasteiger partial charge is 0.488 e. The van der Waals surface area contributed by atoms with Crippen molar-refractivity contribution in [3.05, 3.63) is 230 Å². The van der Waals surface area contributed by atoms with Crippen molar-refractivity contribution in [2.24, 2.45) is 10.2 Å². The Kier molecular flexibility index (Phi) is 25.4. The highest BCUT2D eigenvalue weighted by Gasteiger charge is 2.16. The Morgan fingerprint density at radius 2 is 0.551 bits per heavy atom. The molecular formula is C71H90BBrN2O3. The molecule has 5 nitrogen and oxygen atoms in total. The van der Waals surface area contributed by atoms with E-state index in [4.69, 9.17) is 10.0 Å². The second-order valence-electron chi connectivity index (χ2n) is 21.0. The van der Waals surface area contributed by atoms with Gasteiger partial charge in [0.1, 0.15) is 5.75 Å². The molecule has 3 N–H and O–H groups in total. The van der Waals surface area contributed by atoms with Gasteiger partial charge in [0.05, 0.1) is 0 Å². The van der Waals surface area contributed by atoms with Crippen molar-refractivity contribution >= 4 is 28.5 Å². The molecule has 8 rings (SSSR count). The first kappa shape index (κ1) is 65.9. The third kappa shape index (κ3) is 16.6. The summed E-state index contributed by atoms with van der Waals surface area (Å²) in [5, 5.41) is 34.4. The van der Waals surface area contributed by atoms with E-state index in [0.29, 0.717) is 11.2 Å². The quantitative estimate of drug-likeness (QED) is 0.121. The zero-order chi connectivity index (χ0) is 59.0. The minimum absolute atomic E-state index is 0.373. The summed E-state index contributed by atoms with van der Waals surface area (Å²) in [6.45, 7) is 44.8. The first-order chi connectivity index (χ1) is 36.5. The number of aryl methyl sites for hydroxylation is 7. The van der Waals surface area contributed by atoms with Crippen LogP contribution in [-0.2, 0) is 0 Å². The first-order valence-electron chi connectivity index (χ1n) is 27.0. The summed E-state index contributed by atoms with van der Waals surface area (Å²) in [7, 11) is 1.92. The molecule has 412 valence electrons. The molecule has 0 amide bonds. The maximum absolute atomic E-state index is 9.74. The Morgan fingerprint density at radius 3 is 0.872 bits per heavy atom. The molecule has 0 saturated heterocycles. The molecule has 0 aliphatic rings. The molecule has 0 atom stereocenters. The van der Waals surface area contributed by atoms with E-state index in [0.717, 1.165) is 22.3 Å². The van der Waals surface area contributed by atoms with Crippen LogP contribution in [0.2, 0.25) is 0 Å². The lowest BCUT2D eigenvalue weighted by Gasteiger charge is -2.16. The van der Waals surface area contributed by atoms with Crippen LogP contribution in [0.4, 0.5) is 0 Å². The number of phenols is 1. The molecule has 7 heteroatoms. The predicted octanol–water partition coefficient (Wildman–Crippen LogP) is 18.8. The highest BCUT2D eigenvalue weighted by molar-refractivity contribution is 9.10. The molecule has 0 radical (unpaired) electrons. The van der Waals surface area contributed by atoms with Gasteiger partial charge < -0.3 is 15.2 Å². The zero-order valence-corrected chi connectivity index (χ0v) is 53.2. The Balaban J connectivity index is 0.000000256. The van der Waals surface area contributed by atoms with Gasteiger partial charge in [0, 0.05) is 18.6 Å². The van der Waals surface area contributed by atoms with E-state index >= 15 is 0 Å².